The molecule has 152 valence electrons. The number of hydrazine groups is 1. The van der Waals surface area contributed by atoms with E-state index >= 15 is 0 Å². The smallest absolute Gasteiger partial charge is 0.269 e. The van der Waals surface area contributed by atoms with Crippen LogP contribution in [0.5, 0.6) is 5.75 Å². The topological polar surface area (TPSA) is 109 Å². The molecule has 3 amide bonds. The molecule has 0 aliphatic carbocycles. The molecule has 29 heavy (non-hydrogen) atoms. The largest absolute Gasteiger partial charge is 0.483 e. The maximum absolute atomic E-state index is 12.1. The van der Waals surface area contributed by atoms with Crippen molar-refractivity contribution in [3.05, 3.63) is 58.1 Å². The number of carbonyl (C=O) groups is 3. The minimum absolute atomic E-state index is 0.0789. The first-order valence-electron chi connectivity index (χ1n) is 8.41. The number of benzene rings is 2. The summed E-state index contributed by atoms with van der Waals surface area (Å²) in [7, 11) is 0. The number of rotatable bonds is 5. The van der Waals surface area contributed by atoms with Crippen molar-refractivity contribution in [2.75, 3.05) is 11.9 Å². The molecule has 2 aromatic carbocycles. The fourth-order valence-electron chi connectivity index (χ4n) is 2.15. The average molecular weight is 479 g/mol. The van der Waals surface area contributed by atoms with Gasteiger partial charge in [-0.15, -0.1) is 0 Å². The second kappa shape index (κ2) is 10.5. The van der Waals surface area contributed by atoms with Gasteiger partial charge in [-0.25, -0.2) is 0 Å². The van der Waals surface area contributed by atoms with Gasteiger partial charge in [-0.3, -0.25) is 30.6 Å². The number of aryl methyl sites for hydroxylation is 1. The third kappa shape index (κ3) is 7.51. The molecule has 0 saturated heterocycles. The standard InChI is InChI=1S/C19H19BrN4O4S/c1-11-3-8-16(15(20)9-11)28-10-17(26)22-19(29)24-23-18(27)13-4-6-14(7-5-13)21-12(2)25/h3-9H,10H2,1-2H3,(H,21,25)(H,23,27)(H2,22,24,26,29). The summed E-state index contributed by atoms with van der Waals surface area (Å²) in [5.74, 6) is -0.621. The quantitative estimate of drug-likeness (QED) is 0.388. The van der Waals surface area contributed by atoms with E-state index in [-0.39, 0.29) is 17.6 Å². The number of thiocarbonyl (C=S) groups is 1. The van der Waals surface area contributed by atoms with Crippen LogP contribution in [0.1, 0.15) is 22.8 Å². The molecule has 0 aromatic heterocycles. The van der Waals surface area contributed by atoms with Gasteiger partial charge in [0, 0.05) is 18.2 Å². The van der Waals surface area contributed by atoms with E-state index in [1.165, 1.54) is 19.1 Å². The molecule has 0 atom stereocenters. The monoisotopic (exact) mass is 478 g/mol. The molecule has 0 aliphatic heterocycles. The Morgan fingerprint density at radius 2 is 1.76 bits per heavy atom. The number of nitrogens with one attached hydrogen (secondary N) is 4. The Bertz CT molecular complexity index is 934. The van der Waals surface area contributed by atoms with E-state index in [0.717, 1.165) is 10.0 Å². The highest BCUT2D eigenvalue weighted by atomic mass is 79.9. The van der Waals surface area contributed by atoms with Gasteiger partial charge < -0.3 is 10.1 Å². The van der Waals surface area contributed by atoms with E-state index in [4.69, 9.17) is 17.0 Å². The molecule has 4 N–H and O–H groups in total. The van der Waals surface area contributed by atoms with Gasteiger partial charge in [0.2, 0.25) is 5.91 Å². The van der Waals surface area contributed by atoms with Gasteiger partial charge in [-0.05, 0) is 77.0 Å². The highest BCUT2D eigenvalue weighted by molar-refractivity contribution is 9.10. The van der Waals surface area contributed by atoms with Crippen LogP contribution in [0.4, 0.5) is 5.69 Å². The maximum Gasteiger partial charge on any atom is 0.269 e. The van der Waals surface area contributed by atoms with Crippen LogP contribution in [0.25, 0.3) is 0 Å². The first-order chi connectivity index (χ1) is 13.7. The highest BCUT2D eigenvalue weighted by Crippen LogP contribution is 2.25. The first kappa shape index (κ1) is 22.3. The maximum atomic E-state index is 12.1. The van der Waals surface area contributed by atoms with Crippen molar-refractivity contribution in [1.82, 2.24) is 16.2 Å². The number of carbonyl (C=O) groups excluding carboxylic acids is 3. The van der Waals surface area contributed by atoms with Crippen molar-refractivity contribution in [3.63, 3.8) is 0 Å². The number of hydrogen-bond acceptors (Lipinski definition) is 5. The molecule has 0 bridgehead atoms. The molecule has 0 spiro atoms. The van der Waals surface area contributed by atoms with Gasteiger partial charge >= 0.3 is 0 Å². The Morgan fingerprint density at radius 1 is 1.07 bits per heavy atom. The number of anilines is 1. The zero-order valence-electron chi connectivity index (χ0n) is 15.7. The van der Waals surface area contributed by atoms with Crippen LogP contribution in [0, 0.1) is 6.92 Å². The van der Waals surface area contributed by atoms with Crippen molar-refractivity contribution in [1.29, 1.82) is 0 Å². The van der Waals surface area contributed by atoms with Gasteiger partial charge in [0.25, 0.3) is 11.8 Å². The number of halogens is 1. The first-order valence-corrected chi connectivity index (χ1v) is 9.61. The molecular formula is C19H19BrN4O4S. The minimum atomic E-state index is -0.483. The highest BCUT2D eigenvalue weighted by Gasteiger charge is 2.10. The third-order valence-electron chi connectivity index (χ3n) is 3.46. The summed E-state index contributed by atoms with van der Waals surface area (Å²) in [5.41, 5.74) is 6.78. The SMILES string of the molecule is CC(=O)Nc1ccc(C(=O)NNC(=S)NC(=O)COc2ccc(C)cc2Br)cc1. The van der Waals surface area contributed by atoms with E-state index < -0.39 is 11.8 Å². The van der Waals surface area contributed by atoms with Gasteiger partial charge in [-0.2, -0.15) is 0 Å². The normalized spacial score (nSPS) is 9.90. The van der Waals surface area contributed by atoms with Crippen molar-refractivity contribution in [2.24, 2.45) is 0 Å². The second-order valence-electron chi connectivity index (χ2n) is 5.94. The number of hydrogen-bond donors (Lipinski definition) is 4. The van der Waals surface area contributed by atoms with Crippen molar-refractivity contribution >= 4 is 56.7 Å². The molecular weight excluding hydrogens is 460 g/mol. The average Bonchev–Trinajstić information content (AvgIpc) is 2.65. The second-order valence-corrected chi connectivity index (χ2v) is 7.20. The molecule has 0 heterocycles. The predicted octanol–water partition coefficient (Wildman–Crippen LogP) is 2.43. The summed E-state index contributed by atoms with van der Waals surface area (Å²) in [6, 6.07) is 11.8. The molecule has 0 unspecified atom stereocenters. The Hall–Kier alpha value is -2.98. The van der Waals surface area contributed by atoms with Gasteiger partial charge in [0.1, 0.15) is 5.75 Å². The third-order valence-corrected chi connectivity index (χ3v) is 4.28. The predicted molar refractivity (Wildman–Crippen MR) is 116 cm³/mol. The summed E-state index contributed by atoms with van der Waals surface area (Å²) in [5, 5.41) is 4.92. The van der Waals surface area contributed by atoms with Crippen LogP contribution in [0.2, 0.25) is 0 Å². The zero-order valence-corrected chi connectivity index (χ0v) is 18.1. The van der Waals surface area contributed by atoms with Gasteiger partial charge in [-0.1, -0.05) is 6.07 Å². The van der Waals surface area contributed by atoms with Crippen LogP contribution >= 0.6 is 28.1 Å². The van der Waals surface area contributed by atoms with E-state index in [9.17, 15) is 14.4 Å². The van der Waals surface area contributed by atoms with E-state index in [1.54, 1.807) is 18.2 Å². The minimum Gasteiger partial charge on any atom is -0.483 e. The van der Waals surface area contributed by atoms with E-state index in [1.807, 2.05) is 19.1 Å². The molecule has 0 saturated carbocycles. The summed E-state index contributed by atoms with van der Waals surface area (Å²) >= 11 is 8.33. The zero-order chi connectivity index (χ0) is 21.4. The molecule has 10 heteroatoms. The lowest BCUT2D eigenvalue weighted by Gasteiger charge is -2.12. The Balaban J connectivity index is 1.76. The summed E-state index contributed by atoms with van der Waals surface area (Å²) in [6.07, 6.45) is 0. The molecule has 0 fully saturated rings. The lowest BCUT2D eigenvalue weighted by atomic mass is 10.2. The van der Waals surface area contributed by atoms with Crippen LogP contribution in [0.15, 0.2) is 46.9 Å². The van der Waals surface area contributed by atoms with Crippen LogP contribution < -0.4 is 26.2 Å². The molecule has 2 aromatic rings. The van der Waals surface area contributed by atoms with E-state index in [0.29, 0.717) is 17.0 Å². The van der Waals surface area contributed by atoms with Crippen LogP contribution in [0.3, 0.4) is 0 Å². The summed E-state index contributed by atoms with van der Waals surface area (Å²) in [4.78, 5) is 35.0. The fourth-order valence-corrected chi connectivity index (χ4v) is 2.93. The number of amides is 3. The Kier molecular flexibility index (Phi) is 8.10. The van der Waals surface area contributed by atoms with Crippen LogP contribution in [-0.4, -0.2) is 29.4 Å². The lowest BCUT2D eigenvalue weighted by molar-refractivity contribution is -0.121. The van der Waals surface area contributed by atoms with E-state index in [2.05, 4.69) is 37.4 Å². The summed E-state index contributed by atoms with van der Waals surface area (Å²) < 4.78 is 6.16. The molecule has 8 nitrogen and oxygen atoms in total. The van der Waals surface area contributed by atoms with Crippen LogP contribution in [-0.2, 0) is 9.59 Å². The Morgan fingerprint density at radius 3 is 2.38 bits per heavy atom. The fraction of sp³-hybridized carbons (Fsp3) is 0.158. The molecule has 0 radical (unpaired) electrons. The summed E-state index contributed by atoms with van der Waals surface area (Å²) in [6.45, 7) is 3.09. The number of ether oxygens (including phenoxy) is 1. The Labute approximate surface area is 181 Å². The molecule has 0 aliphatic rings. The lowest BCUT2D eigenvalue weighted by Crippen LogP contribution is -2.49. The molecule has 2 rings (SSSR count). The van der Waals surface area contributed by atoms with Crippen molar-refractivity contribution < 1.29 is 19.1 Å². The van der Waals surface area contributed by atoms with Crippen molar-refractivity contribution in [3.8, 4) is 5.75 Å². The van der Waals surface area contributed by atoms with Crippen molar-refractivity contribution in [2.45, 2.75) is 13.8 Å². The van der Waals surface area contributed by atoms with Gasteiger partial charge in [0.05, 0.1) is 4.47 Å². The van der Waals surface area contributed by atoms with Gasteiger partial charge in [0.15, 0.2) is 11.7 Å².